The van der Waals surface area contributed by atoms with E-state index >= 15 is 0 Å². The van der Waals surface area contributed by atoms with Gasteiger partial charge in [0.15, 0.2) is 0 Å². The van der Waals surface area contributed by atoms with Crippen LogP contribution in [0.3, 0.4) is 0 Å². The van der Waals surface area contributed by atoms with E-state index in [0.717, 1.165) is 11.1 Å². The van der Waals surface area contributed by atoms with Crippen LogP contribution in [0.25, 0.3) is 11.5 Å². The number of ether oxygens (including phenoxy) is 1. The smallest absolute Gasteiger partial charge is 0.277 e. The van der Waals surface area contributed by atoms with Crippen LogP contribution in [0.5, 0.6) is 5.75 Å². The van der Waals surface area contributed by atoms with E-state index in [0.29, 0.717) is 35.0 Å². The first-order valence-corrected chi connectivity index (χ1v) is 10.4. The van der Waals surface area contributed by atoms with Gasteiger partial charge in [-0.05, 0) is 61.4 Å². The predicted octanol–water partition coefficient (Wildman–Crippen LogP) is 4.64. The van der Waals surface area contributed by atoms with E-state index in [2.05, 4.69) is 17.1 Å². The van der Waals surface area contributed by atoms with Crippen molar-refractivity contribution in [1.82, 2.24) is 15.1 Å². The van der Waals surface area contributed by atoms with Crippen molar-refractivity contribution < 1.29 is 13.9 Å². The maximum Gasteiger partial charge on any atom is 0.277 e. The summed E-state index contributed by atoms with van der Waals surface area (Å²) in [7, 11) is 1.74. The molecule has 0 unspecified atom stereocenters. The molecule has 1 aromatic heterocycles. The highest BCUT2D eigenvalue weighted by atomic mass is 35.5. The molecule has 2 aromatic carbocycles. The van der Waals surface area contributed by atoms with Crippen LogP contribution in [0, 0.1) is 13.8 Å². The molecular formula is C21H22ClN3O3S. The molecule has 1 amide bonds. The lowest BCUT2D eigenvalue weighted by molar-refractivity contribution is -0.127. The average Bonchev–Trinajstić information content (AvgIpc) is 3.18. The van der Waals surface area contributed by atoms with Crippen molar-refractivity contribution in [3.63, 3.8) is 0 Å². The van der Waals surface area contributed by atoms with Gasteiger partial charge in [-0.15, -0.1) is 10.2 Å². The summed E-state index contributed by atoms with van der Waals surface area (Å²) in [4.78, 5) is 13.9. The number of hydrogen-bond donors (Lipinski definition) is 0. The Morgan fingerprint density at radius 2 is 1.90 bits per heavy atom. The number of carbonyl (C=O) groups excluding carboxylic acids is 1. The number of amides is 1. The van der Waals surface area contributed by atoms with Gasteiger partial charge in [0.25, 0.3) is 5.22 Å². The van der Waals surface area contributed by atoms with Crippen molar-refractivity contribution in [3.05, 3.63) is 58.6 Å². The SMILES string of the molecule is Cc1ccc(-c2nnc(SCC(=O)N(C)CCOc3ccc(Cl)cc3)o2)cc1C. The van der Waals surface area contributed by atoms with Crippen molar-refractivity contribution in [2.24, 2.45) is 0 Å². The third-order valence-electron chi connectivity index (χ3n) is 4.41. The van der Waals surface area contributed by atoms with E-state index in [-0.39, 0.29) is 11.7 Å². The lowest BCUT2D eigenvalue weighted by Gasteiger charge is -2.16. The molecule has 0 bridgehead atoms. The molecule has 0 saturated carbocycles. The van der Waals surface area contributed by atoms with Crippen LogP contribution in [0.2, 0.25) is 5.02 Å². The number of hydrogen-bond acceptors (Lipinski definition) is 6. The maximum atomic E-state index is 12.3. The second-order valence-corrected chi connectivity index (χ2v) is 7.94. The lowest BCUT2D eigenvalue weighted by atomic mass is 10.1. The highest BCUT2D eigenvalue weighted by molar-refractivity contribution is 7.99. The third kappa shape index (κ3) is 5.98. The van der Waals surface area contributed by atoms with Gasteiger partial charge in [0.1, 0.15) is 12.4 Å². The second kappa shape index (κ2) is 9.80. The normalized spacial score (nSPS) is 10.8. The zero-order valence-corrected chi connectivity index (χ0v) is 18.1. The van der Waals surface area contributed by atoms with E-state index < -0.39 is 0 Å². The summed E-state index contributed by atoms with van der Waals surface area (Å²) in [5.74, 6) is 1.34. The molecular weight excluding hydrogens is 410 g/mol. The molecule has 0 aliphatic heterocycles. The Morgan fingerprint density at radius 1 is 1.14 bits per heavy atom. The highest BCUT2D eigenvalue weighted by Crippen LogP contribution is 2.25. The lowest BCUT2D eigenvalue weighted by Crippen LogP contribution is -2.32. The number of aromatic nitrogens is 2. The van der Waals surface area contributed by atoms with Crippen LogP contribution in [0.15, 0.2) is 52.1 Å². The molecule has 0 aliphatic rings. The molecule has 0 saturated heterocycles. The van der Waals surface area contributed by atoms with Crippen molar-refractivity contribution in [2.45, 2.75) is 19.1 Å². The van der Waals surface area contributed by atoms with Gasteiger partial charge in [-0.25, -0.2) is 0 Å². The topological polar surface area (TPSA) is 68.5 Å². The minimum Gasteiger partial charge on any atom is -0.492 e. The number of halogens is 1. The summed E-state index contributed by atoms with van der Waals surface area (Å²) in [6.07, 6.45) is 0. The van der Waals surface area contributed by atoms with Crippen LogP contribution in [-0.4, -0.2) is 47.0 Å². The van der Waals surface area contributed by atoms with Gasteiger partial charge in [0.05, 0.1) is 12.3 Å². The molecule has 1 heterocycles. The second-order valence-electron chi connectivity index (χ2n) is 6.58. The number of carbonyl (C=O) groups is 1. The quantitative estimate of drug-likeness (QED) is 0.484. The molecule has 0 aliphatic carbocycles. The zero-order chi connectivity index (χ0) is 20.8. The first-order chi connectivity index (χ1) is 13.9. The standard InChI is InChI=1S/C21H22ClN3O3S/c1-14-4-5-16(12-15(14)2)20-23-24-21(28-20)29-13-19(26)25(3)10-11-27-18-8-6-17(22)7-9-18/h4-9,12H,10-11,13H2,1-3H3. The fourth-order valence-electron chi connectivity index (χ4n) is 2.45. The van der Waals surface area contributed by atoms with Gasteiger partial charge in [0.2, 0.25) is 11.8 Å². The molecule has 0 fully saturated rings. The van der Waals surface area contributed by atoms with Gasteiger partial charge in [-0.1, -0.05) is 29.4 Å². The highest BCUT2D eigenvalue weighted by Gasteiger charge is 2.14. The summed E-state index contributed by atoms with van der Waals surface area (Å²) in [5.41, 5.74) is 3.24. The van der Waals surface area contributed by atoms with Gasteiger partial charge >= 0.3 is 0 Å². The molecule has 8 heteroatoms. The molecule has 6 nitrogen and oxygen atoms in total. The molecule has 152 valence electrons. The third-order valence-corrected chi connectivity index (χ3v) is 5.47. The van der Waals surface area contributed by atoms with Crippen LogP contribution >= 0.6 is 23.4 Å². The van der Waals surface area contributed by atoms with E-state index in [1.54, 1.807) is 36.2 Å². The first-order valence-electron chi connectivity index (χ1n) is 9.08. The van der Waals surface area contributed by atoms with Crippen molar-refractivity contribution in [2.75, 3.05) is 26.0 Å². The number of aryl methyl sites for hydroxylation is 2. The van der Waals surface area contributed by atoms with Gasteiger partial charge in [-0.2, -0.15) is 0 Å². The molecule has 3 rings (SSSR count). The van der Waals surface area contributed by atoms with Gasteiger partial charge in [-0.3, -0.25) is 4.79 Å². The van der Waals surface area contributed by atoms with Gasteiger partial charge < -0.3 is 14.1 Å². The Bertz CT molecular complexity index is 976. The van der Waals surface area contributed by atoms with Crippen LogP contribution < -0.4 is 4.74 Å². The Morgan fingerprint density at radius 3 is 2.62 bits per heavy atom. The van der Waals surface area contributed by atoms with Crippen molar-refractivity contribution in [3.8, 4) is 17.2 Å². The average molecular weight is 432 g/mol. The minimum absolute atomic E-state index is 0.0411. The zero-order valence-electron chi connectivity index (χ0n) is 16.5. The summed E-state index contributed by atoms with van der Waals surface area (Å²) < 4.78 is 11.3. The number of rotatable bonds is 8. The Balaban J connectivity index is 1.45. The molecule has 0 atom stereocenters. The van der Waals surface area contributed by atoms with Crippen LogP contribution in [0.1, 0.15) is 11.1 Å². The maximum absolute atomic E-state index is 12.3. The van der Waals surface area contributed by atoms with Crippen LogP contribution in [0.4, 0.5) is 0 Å². The Labute approximate surface area is 179 Å². The molecule has 0 spiro atoms. The number of nitrogens with zero attached hydrogens (tertiary/aromatic N) is 3. The Hall–Kier alpha value is -2.51. The number of thioether (sulfide) groups is 1. The minimum atomic E-state index is -0.0411. The summed E-state index contributed by atoms with van der Waals surface area (Å²) in [6.45, 7) is 4.96. The van der Waals surface area contributed by atoms with E-state index in [9.17, 15) is 4.79 Å². The molecule has 0 N–H and O–H groups in total. The van der Waals surface area contributed by atoms with Gasteiger partial charge in [0, 0.05) is 17.6 Å². The molecule has 0 radical (unpaired) electrons. The Kier molecular flexibility index (Phi) is 7.17. The van der Waals surface area contributed by atoms with E-state index in [1.807, 2.05) is 25.1 Å². The summed E-state index contributed by atoms with van der Waals surface area (Å²) in [5, 5.41) is 9.13. The van der Waals surface area contributed by atoms with Crippen molar-refractivity contribution in [1.29, 1.82) is 0 Å². The van der Waals surface area contributed by atoms with Crippen molar-refractivity contribution >= 4 is 29.3 Å². The van der Waals surface area contributed by atoms with E-state index in [4.69, 9.17) is 20.8 Å². The largest absolute Gasteiger partial charge is 0.492 e. The fraction of sp³-hybridized carbons (Fsp3) is 0.286. The monoisotopic (exact) mass is 431 g/mol. The summed E-state index contributed by atoms with van der Waals surface area (Å²) >= 11 is 7.07. The van der Waals surface area contributed by atoms with Crippen LogP contribution in [-0.2, 0) is 4.79 Å². The number of benzene rings is 2. The molecule has 3 aromatic rings. The first kappa shape index (κ1) is 21.2. The predicted molar refractivity (Wildman–Crippen MR) is 115 cm³/mol. The number of likely N-dealkylation sites (N-methyl/N-ethyl adjacent to an activating group) is 1. The fourth-order valence-corrected chi connectivity index (χ4v) is 3.28. The summed E-state index contributed by atoms with van der Waals surface area (Å²) in [6, 6.07) is 13.1. The van der Waals surface area contributed by atoms with E-state index in [1.165, 1.54) is 17.3 Å². The molecule has 29 heavy (non-hydrogen) atoms.